The van der Waals surface area contributed by atoms with Gasteiger partial charge < -0.3 is 9.84 Å². The van der Waals surface area contributed by atoms with Gasteiger partial charge in [-0.1, -0.05) is 13.8 Å². The van der Waals surface area contributed by atoms with Crippen molar-refractivity contribution in [2.45, 2.75) is 39.4 Å². The highest BCUT2D eigenvalue weighted by atomic mass is 16.6. The van der Waals surface area contributed by atoms with Crippen LogP contribution in [0.1, 0.15) is 27.7 Å². The van der Waals surface area contributed by atoms with Crippen molar-refractivity contribution in [1.82, 2.24) is 0 Å². The summed E-state index contributed by atoms with van der Waals surface area (Å²) >= 11 is 0. The Labute approximate surface area is 78.1 Å². The summed E-state index contributed by atoms with van der Waals surface area (Å²) in [5, 5.41) is 9.79. The molecule has 1 saturated heterocycles. The van der Waals surface area contributed by atoms with E-state index in [4.69, 9.17) is 4.74 Å². The summed E-state index contributed by atoms with van der Waals surface area (Å²) in [5.41, 5.74) is -0.886. The Morgan fingerprint density at radius 3 is 2.23 bits per heavy atom. The van der Waals surface area contributed by atoms with Crippen molar-refractivity contribution >= 4 is 5.97 Å². The summed E-state index contributed by atoms with van der Waals surface area (Å²) in [6.07, 6.45) is -0.319. The number of cyclic esters (lactones) is 1. The zero-order valence-electron chi connectivity index (χ0n) is 8.50. The molecule has 1 N–H and O–H groups in total. The zero-order chi connectivity index (χ0) is 10.0. The molecule has 0 radical (unpaired) electrons. The number of carbonyl (C=O) groups excluding carboxylic acids is 1. The van der Waals surface area contributed by atoms with Crippen molar-refractivity contribution in [3.63, 3.8) is 0 Å². The van der Waals surface area contributed by atoms with E-state index in [1.165, 1.54) is 0 Å². The molecule has 1 aliphatic heterocycles. The molecule has 2 fully saturated rings. The Morgan fingerprint density at radius 1 is 1.46 bits per heavy atom. The lowest BCUT2D eigenvalue weighted by molar-refractivity contribution is -0.158. The number of hydrogen-bond acceptors (Lipinski definition) is 3. The predicted molar refractivity (Wildman–Crippen MR) is 46.9 cm³/mol. The lowest BCUT2D eigenvalue weighted by Crippen LogP contribution is -2.40. The Hall–Kier alpha value is -0.570. The van der Waals surface area contributed by atoms with E-state index in [1.807, 2.05) is 0 Å². The number of carbonyl (C=O) groups is 1. The summed E-state index contributed by atoms with van der Waals surface area (Å²) < 4.78 is 5.13. The van der Waals surface area contributed by atoms with Crippen molar-refractivity contribution in [3.8, 4) is 0 Å². The summed E-state index contributed by atoms with van der Waals surface area (Å²) in [5.74, 6) is 0.0889. The molecule has 13 heavy (non-hydrogen) atoms. The molecule has 1 aliphatic carbocycles. The van der Waals surface area contributed by atoms with E-state index in [0.717, 1.165) is 0 Å². The topological polar surface area (TPSA) is 46.5 Å². The third kappa shape index (κ3) is 1.03. The van der Waals surface area contributed by atoms with E-state index in [0.29, 0.717) is 0 Å². The van der Waals surface area contributed by atoms with Gasteiger partial charge in [-0.2, -0.15) is 0 Å². The van der Waals surface area contributed by atoms with Crippen LogP contribution in [0.15, 0.2) is 0 Å². The molecule has 2 rings (SSSR count). The smallest absolute Gasteiger partial charge is 0.310 e. The lowest BCUT2D eigenvalue weighted by atomic mass is 9.93. The minimum absolute atomic E-state index is 0.0175. The largest absolute Gasteiger partial charge is 0.459 e. The number of hydrogen-bond donors (Lipinski definition) is 1. The Morgan fingerprint density at radius 2 is 2.00 bits per heavy atom. The zero-order valence-corrected chi connectivity index (χ0v) is 8.50. The normalized spacial score (nSPS) is 41.3. The molecule has 0 bridgehead atoms. The maximum absolute atomic E-state index is 11.4. The number of ether oxygens (including phenoxy) is 1. The first-order valence-electron chi connectivity index (χ1n) is 4.69. The maximum Gasteiger partial charge on any atom is 0.310 e. The highest BCUT2D eigenvalue weighted by Gasteiger charge is 2.73. The molecule has 3 nitrogen and oxygen atoms in total. The molecule has 0 amide bonds. The second kappa shape index (κ2) is 2.08. The molecule has 0 aromatic heterocycles. The van der Waals surface area contributed by atoms with Crippen LogP contribution >= 0.6 is 0 Å². The van der Waals surface area contributed by atoms with Crippen LogP contribution in [-0.4, -0.2) is 22.8 Å². The quantitative estimate of drug-likeness (QED) is 0.617. The van der Waals surface area contributed by atoms with Gasteiger partial charge in [0.1, 0.15) is 6.10 Å². The molecular weight excluding hydrogens is 168 g/mol. The van der Waals surface area contributed by atoms with E-state index < -0.39 is 5.60 Å². The van der Waals surface area contributed by atoms with Gasteiger partial charge in [-0.3, -0.25) is 4.79 Å². The van der Waals surface area contributed by atoms with Crippen molar-refractivity contribution in [1.29, 1.82) is 0 Å². The highest BCUT2D eigenvalue weighted by Crippen LogP contribution is 2.66. The summed E-state index contributed by atoms with van der Waals surface area (Å²) in [6.45, 7) is 7.51. The molecule has 1 saturated carbocycles. The fraction of sp³-hybridized carbons (Fsp3) is 0.900. The Balaban J connectivity index is 2.24. The van der Waals surface area contributed by atoms with Gasteiger partial charge in [0, 0.05) is 5.92 Å². The van der Waals surface area contributed by atoms with Crippen LogP contribution in [-0.2, 0) is 9.53 Å². The monoisotopic (exact) mass is 184 g/mol. The van der Waals surface area contributed by atoms with Crippen LogP contribution in [0.5, 0.6) is 0 Å². The first-order chi connectivity index (χ1) is 5.76. The molecule has 1 heterocycles. The Kier molecular flexibility index (Phi) is 1.44. The van der Waals surface area contributed by atoms with Gasteiger partial charge in [-0.15, -0.1) is 0 Å². The van der Waals surface area contributed by atoms with Gasteiger partial charge in [0.2, 0.25) is 0 Å². The second-order valence-corrected chi connectivity index (χ2v) is 5.34. The minimum Gasteiger partial charge on any atom is -0.459 e. The minimum atomic E-state index is -0.914. The molecule has 74 valence electrons. The fourth-order valence-corrected chi connectivity index (χ4v) is 2.55. The molecule has 3 heteroatoms. The number of aliphatic hydroxyl groups is 1. The van der Waals surface area contributed by atoms with E-state index >= 15 is 0 Å². The maximum atomic E-state index is 11.4. The van der Waals surface area contributed by atoms with Crippen LogP contribution in [0.25, 0.3) is 0 Å². The fourth-order valence-electron chi connectivity index (χ4n) is 2.55. The van der Waals surface area contributed by atoms with Gasteiger partial charge in [-0.05, 0) is 19.3 Å². The van der Waals surface area contributed by atoms with Crippen molar-refractivity contribution < 1.29 is 14.6 Å². The first kappa shape index (κ1) is 9.00. The molecule has 0 unspecified atom stereocenters. The first-order valence-corrected chi connectivity index (χ1v) is 4.69. The number of esters is 1. The predicted octanol–water partition coefficient (Wildman–Crippen LogP) is 0.955. The number of fused-ring (bicyclic) bond motifs is 1. The van der Waals surface area contributed by atoms with Crippen LogP contribution < -0.4 is 0 Å². The van der Waals surface area contributed by atoms with E-state index in [1.54, 1.807) is 13.8 Å². The van der Waals surface area contributed by atoms with Gasteiger partial charge in [-0.25, -0.2) is 0 Å². The summed E-state index contributed by atoms with van der Waals surface area (Å²) in [6, 6.07) is 0. The van der Waals surface area contributed by atoms with Crippen LogP contribution in [0.2, 0.25) is 0 Å². The average Bonchev–Trinajstić information content (AvgIpc) is 2.35. The SMILES string of the molecule is CC(C)(O)[C@@H]1OC(=O)[C@@H]2[C@H]1C2(C)C. The third-order valence-electron chi connectivity index (χ3n) is 3.43. The summed E-state index contributed by atoms with van der Waals surface area (Å²) in [7, 11) is 0. The van der Waals surface area contributed by atoms with Crippen molar-refractivity contribution in [3.05, 3.63) is 0 Å². The second-order valence-electron chi connectivity index (χ2n) is 5.34. The molecule has 0 aromatic carbocycles. The van der Waals surface area contributed by atoms with E-state index in [2.05, 4.69) is 13.8 Å². The van der Waals surface area contributed by atoms with Crippen LogP contribution in [0.3, 0.4) is 0 Å². The van der Waals surface area contributed by atoms with Crippen molar-refractivity contribution in [2.24, 2.45) is 17.3 Å². The summed E-state index contributed by atoms with van der Waals surface area (Å²) in [4.78, 5) is 11.4. The standard InChI is InChI=1S/C10H16O3/c1-9(2)5-6(9)8(11)13-7(5)10(3,4)12/h5-7,12H,1-4H3/t5-,6+,7-/m1/s1. The van der Waals surface area contributed by atoms with Crippen LogP contribution in [0, 0.1) is 17.3 Å². The average molecular weight is 184 g/mol. The molecule has 2 aliphatic rings. The van der Waals surface area contributed by atoms with Crippen molar-refractivity contribution in [2.75, 3.05) is 0 Å². The molecule has 3 atom stereocenters. The molecular formula is C10H16O3. The third-order valence-corrected chi connectivity index (χ3v) is 3.43. The Bertz CT molecular complexity index is 262. The van der Waals surface area contributed by atoms with Gasteiger partial charge >= 0.3 is 5.97 Å². The highest BCUT2D eigenvalue weighted by molar-refractivity contribution is 5.81. The lowest BCUT2D eigenvalue weighted by Gasteiger charge is -2.28. The van der Waals surface area contributed by atoms with E-state index in [9.17, 15) is 9.90 Å². The molecule has 0 aromatic rings. The van der Waals surface area contributed by atoms with Gasteiger partial charge in [0.25, 0.3) is 0 Å². The molecule has 0 spiro atoms. The number of rotatable bonds is 1. The van der Waals surface area contributed by atoms with E-state index in [-0.39, 0.29) is 29.3 Å². The van der Waals surface area contributed by atoms with Gasteiger partial charge in [0.05, 0.1) is 11.5 Å². The van der Waals surface area contributed by atoms with Crippen LogP contribution in [0.4, 0.5) is 0 Å². The van der Waals surface area contributed by atoms with Gasteiger partial charge in [0.15, 0.2) is 0 Å².